The van der Waals surface area contributed by atoms with Gasteiger partial charge < -0.3 is 9.90 Å². The highest BCUT2D eigenvalue weighted by atomic mass is 32.1. The van der Waals surface area contributed by atoms with E-state index in [1.165, 1.54) is 15.8 Å². The summed E-state index contributed by atoms with van der Waals surface area (Å²) in [6.45, 7) is 1.72. The third kappa shape index (κ3) is 1.95. The standard InChI is InChI=1S/C14H16N2O3S/c1-2-9(14(18)19)16-7-15-12-11(13(16)17)8-5-3-4-6-10(8)20-12/h7,9H,2-6H2,1H3,(H,18,19)/p-1/t9-/m0/s1. The molecule has 106 valence electrons. The molecule has 2 aromatic rings. The fourth-order valence-electron chi connectivity index (χ4n) is 2.86. The Morgan fingerprint density at radius 3 is 2.95 bits per heavy atom. The maximum atomic E-state index is 12.6. The largest absolute Gasteiger partial charge is 0.548 e. The Labute approximate surface area is 119 Å². The van der Waals surface area contributed by atoms with E-state index in [1.54, 1.807) is 18.3 Å². The first-order chi connectivity index (χ1) is 9.63. The van der Waals surface area contributed by atoms with E-state index in [4.69, 9.17) is 0 Å². The Morgan fingerprint density at radius 1 is 1.50 bits per heavy atom. The molecule has 0 bridgehead atoms. The van der Waals surface area contributed by atoms with Crippen molar-refractivity contribution < 1.29 is 9.90 Å². The highest BCUT2D eigenvalue weighted by Gasteiger charge is 2.21. The van der Waals surface area contributed by atoms with E-state index >= 15 is 0 Å². The minimum Gasteiger partial charge on any atom is -0.548 e. The number of hydrogen-bond acceptors (Lipinski definition) is 5. The number of aliphatic carboxylic acids is 1. The molecule has 0 fully saturated rings. The summed E-state index contributed by atoms with van der Waals surface area (Å²) in [7, 11) is 0. The molecular formula is C14H15N2O3S-. The van der Waals surface area contributed by atoms with Gasteiger partial charge in [0.2, 0.25) is 0 Å². The van der Waals surface area contributed by atoms with Gasteiger partial charge in [0.05, 0.1) is 23.7 Å². The molecule has 0 unspecified atom stereocenters. The number of fused-ring (bicyclic) bond motifs is 3. The van der Waals surface area contributed by atoms with Crippen LogP contribution in [-0.2, 0) is 17.6 Å². The van der Waals surface area contributed by atoms with Crippen molar-refractivity contribution in [3.63, 3.8) is 0 Å². The zero-order valence-corrected chi connectivity index (χ0v) is 12.0. The van der Waals surface area contributed by atoms with Crippen LogP contribution in [0.4, 0.5) is 0 Å². The first-order valence-corrected chi connectivity index (χ1v) is 7.67. The molecule has 5 nitrogen and oxygen atoms in total. The lowest BCUT2D eigenvalue weighted by Crippen LogP contribution is -2.38. The number of nitrogens with zero attached hydrogens (tertiary/aromatic N) is 2. The van der Waals surface area contributed by atoms with E-state index in [-0.39, 0.29) is 5.56 Å². The van der Waals surface area contributed by atoms with Gasteiger partial charge in [-0.05, 0) is 37.7 Å². The summed E-state index contributed by atoms with van der Waals surface area (Å²) >= 11 is 1.56. The second-order valence-corrected chi connectivity index (χ2v) is 6.17. The minimum absolute atomic E-state index is 0.245. The van der Waals surface area contributed by atoms with Gasteiger partial charge in [0.25, 0.3) is 5.56 Å². The Morgan fingerprint density at radius 2 is 2.25 bits per heavy atom. The van der Waals surface area contributed by atoms with Crippen LogP contribution in [0.1, 0.15) is 42.7 Å². The molecule has 1 atom stereocenters. The van der Waals surface area contributed by atoms with Crippen LogP contribution in [0, 0.1) is 0 Å². The monoisotopic (exact) mass is 291 g/mol. The number of rotatable bonds is 3. The summed E-state index contributed by atoms with van der Waals surface area (Å²) in [5.74, 6) is -1.24. The first-order valence-electron chi connectivity index (χ1n) is 6.85. The number of carbonyl (C=O) groups is 1. The molecule has 1 aliphatic carbocycles. The molecule has 0 radical (unpaired) electrons. The van der Waals surface area contributed by atoms with E-state index < -0.39 is 12.0 Å². The number of hydrogen-bond donors (Lipinski definition) is 0. The van der Waals surface area contributed by atoms with Crippen LogP contribution in [0.3, 0.4) is 0 Å². The normalized spacial score (nSPS) is 16.1. The van der Waals surface area contributed by atoms with Crippen molar-refractivity contribution in [3.8, 4) is 0 Å². The topological polar surface area (TPSA) is 75.0 Å². The van der Waals surface area contributed by atoms with Crippen molar-refractivity contribution in [2.24, 2.45) is 0 Å². The number of aryl methyl sites for hydroxylation is 2. The highest BCUT2D eigenvalue weighted by molar-refractivity contribution is 7.18. The molecular weight excluding hydrogens is 276 g/mol. The maximum absolute atomic E-state index is 12.6. The molecule has 0 N–H and O–H groups in total. The van der Waals surface area contributed by atoms with E-state index in [0.29, 0.717) is 11.8 Å². The van der Waals surface area contributed by atoms with E-state index in [9.17, 15) is 14.7 Å². The average molecular weight is 291 g/mol. The molecule has 3 rings (SSSR count). The van der Waals surface area contributed by atoms with E-state index in [1.807, 2.05) is 0 Å². The molecule has 0 aromatic carbocycles. The lowest BCUT2D eigenvalue weighted by atomic mass is 9.97. The van der Waals surface area contributed by atoms with Gasteiger partial charge >= 0.3 is 0 Å². The highest BCUT2D eigenvalue weighted by Crippen LogP contribution is 2.33. The fourth-order valence-corrected chi connectivity index (χ4v) is 4.08. The number of thiophene rings is 1. The van der Waals surface area contributed by atoms with Crippen LogP contribution in [0.2, 0.25) is 0 Å². The summed E-state index contributed by atoms with van der Waals surface area (Å²) < 4.78 is 1.21. The van der Waals surface area contributed by atoms with Crippen LogP contribution in [0.25, 0.3) is 10.2 Å². The summed E-state index contributed by atoms with van der Waals surface area (Å²) in [6, 6.07) is -0.946. The Balaban J connectivity index is 2.24. The SMILES string of the molecule is CC[C@@H](C(=O)[O-])n1cnc2sc3c(c2c1=O)CCCC3. The summed E-state index contributed by atoms with van der Waals surface area (Å²) in [6.07, 6.45) is 5.75. The van der Waals surface area contributed by atoms with Crippen LogP contribution < -0.4 is 10.7 Å². The quantitative estimate of drug-likeness (QED) is 0.846. The van der Waals surface area contributed by atoms with Crippen LogP contribution >= 0.6 is 11.3 Å². The van der Waals surface area contributed by atoms with Gasteiger partial charge in [0.15, 0.2) is 0 Å². The lowest BCUT2D eigenvalue weighted by molar-refractivity contribution is -0.310. The molecule has 0 aliphatic heterocycles. The first kappa shape index (κ1) is 13.3. The number of carboxylic acids is 1. The zero-order valence-electron chi connectivity index (χ0n) is 11.2. The minimum atomic E-state index is -1.24. The van der Waals surface area contributed by atoms with Gasteiger partial charge in [-0.15, -0.1) is 11.3 Å². The Bertz CT molecular complexity index is 732. The smallest absolute Gasteiger partial charge is 0.262 e. The fraction of sp³-hybridized carbons (Fsp3) is 0.500. The third-order valence-corrected chi connectivity index (χ3v) is 5.09. The molecule has 0 amide bonds. The molecule has 2 aromatic heterocycles. The lowest BCUT2D eigenvalue weighted by Gasteiger charge is -2.18. The molecule has 0 saturated carbocycles. The van der Waals surface area contributed by atoms with E-state index in [0.717, 1.165) is 36.1 Å². The van der Waals surface area contributed by atoms with Gasteiger partial charge in [0, 0.05) is 4.88 Å². The number of carbonyl (C=O) groups excluding carboxylic acids is 1. The molecule has 20 heavy (non-hydrogen) atoms. The summed E-state index contributed by atoms with van der Waals surface area (Å²) in [4.78, 5) is 30.0. The van der Waals surface area contributed by atoms with Crippen molar-refractivity contribution in [2.75, 3.05) is 0 Å². The van der Waals surface area contributed by atoms with Crippen LogP contribution in [0.15, 0.2) is 11.1 Å². The average Bonchev–Trinajstić information content (AvgIpc) is 2.81. The summed E-state index contributed by atoms with van der Waals surface area (Å²) in [5, 5.41) is 11.8. The number of carboxylic acid groups (broad SMARTS) is 1. The molecule has 1 aliphatic rings. The second-order valence-electron chi connectivity index (χ2n) is 5.09. The van der Waals surface area contributed by atoms with Gasteiger partial charge in [-0.1, -0.05) is 6.92 Å². The van der Waals surface area contributed by atoms with Crippen molar-refractivity contribution >= 4 is 27.5 Å². The molecule has 0 spiro atoms. The zero-order chi connectivity index (χ0) is 14.3. The Kier molecular flexibility index (Phi) is 3.33. The van der Waals surface area contributed by atoms with Gasteiger partial charge in [0.1, 0.15) is 4.83 Å². The third-order valence-electron chi connectivity index (χ3n) is 3.90. The predicted molar refractivity (Wildman–Crippen MR) is 74.9 cm³/mol. The Hall–Kier alpha value is -1.69. The van der Waals surface area contributed by atoms with Gasteiger partial charge in [-0.25, -0.2) is 4.98 Å². The van der Waals surface area contributed by atoms with Crippen molar-refractivity contribution in [1.82, 2.24) is 9.55 Å². The van der Waals surface area contributed by atoms with Crippen molar-refractivity contribution in [2.45, 2.75) is 45.1 Å². The second kappa shape index (κ2) is 5.01. The van der Waals surface area contributed by atoms with E-state index in [2.05, 4.69) is 4.98 Å². The van der Waals surface area contributed by atoms with Gasteiger partial charge in [-0.3, -0.25) is 9.36 Å². The van der Waals surface area contributed by atoms with Gasteiger partial charge in [-0.2, -0.15) is 0 Å². The summed E-state index contributed by atoms with van der Waals surface area (Å²) in [5.41, 5.74) is 0.835. The molecule has 0 saturated heterocycles. The van der Waals surface area contributed by atoms with Crippen molar-refractivity contribution in [1.29, 1.82) is 0 Å². The number of aromatic nitrogens is 2. The molecule has 2 heterocycles. The maximum Gasteiger partial charge on any atom is 0.262 e. The predicted octanol–water partition coefficient (Wildman–Crippen LogP) is 1.04. The molecule has 6 heteroatoms. The van der Waals surface area contributed by atoms with Crippen LogP contribution in [-0.4, -0.2) is 15.5 Å². The van der Waals surface area contributed by atoms with Crippen molar-refractivity contribution in [3.05, 3.63) is 27.1 Å². The van der Waals surface area contributed by atoms with Crippen LogP contribution in [0.5, 0.6) is 0 Å².